The molecule has 3 rings (SSSR count). The van der Waals surface area contributed by atoms with Crippen molar-refractivity contribution in [1.82, 2.24) is 9.88 Å². The number of nitrogens with two attached hydrogens (primary N) is 1. The summed E-state index contributed by atoms with van der Waals surface area (Å²) in [6, 6.07) is 3.34. The number of aromatic nitrogens is 1. The number of benzene rings is 1. The number of ether oxygens (including phenoxy) is 1. The van der Waals surface area contributed by atoms with Crippen molar-refractivity contribution in [3.05, 3.63) is 64.3 Å². The predicted molar refractivity (Wildman–Crippen MR) is 156 cm³/mol. The number of thiazole rings is 1. The van der Waals surface area contributed by atoms with Gasteiger partial charge in [0.25, 0.3) is 0 Å². The quantitative estimate of drug-likeness (QED) is 0.196. The molecule has 0 amide bonds. The SMILES string of the molecule is C=C(OC(C)(C)C)N1CCC(c2nc(-c3ccc(F)cc3F)c(C(=N)/C=C\C(=N)N=C(N)C(C)(C)C)s2)CC1. The molecule has 0 atom stereocenters. The molecular formula is C29H38F2N6OS. The second-order valence-corrected chi connectivity index (χ2v) is 12.6. The van der Waals surface area contributed by atoms with Gasteiger partial charge in [-0.25, -0.2) is 18.8 Å². The molecule has 7 nitrogen and oxygen atoms in total. The van der Waals surface area contributed by atoms with Gasteiger partial charge in [0, 0.05) is 36.1 Å². The van der Waals surface area contributed by atoms with E-state index >= 15 is 0 Å². The summed E-state index contributed by atoms with van der Waals surface area (Å²) >= 11 is 1.32. The van der Waals surface area contributed by atoms with Gasteiger partial charge in [0.2, 0.25) is 0 Å². The predicted octanol–water partition coefficient (Wildman–Crippen LogP) is 6.86. The summed E-state index contributed by atoms with van der Waals surface area (Å²) in [5.74, 6) is -0.479. The zero-order chi connectivity index (χ0) is 29.1. The van der Waals surface area contributed by atoms with E-state index in [4.69, 9.17) is 26.3 Å². The standard InChI is InChI=1S/C29H38F2N6OS/c1-17(38-29(5,6)7)37-14-12-18(13-15-37)26-36-24(20-9-8-19(30)16-21(20)31)25(39-26)22(32)10-11-23(33)35-27(34)28(2,3)4/h8-11,16,18,32H,1,12-15H2,2-7H3,(H3,33,34,35)/b11-10-,32-22?. The maximum atomic E-state index is 14.8. The molecule has 39 heavy (non-hydrogen) atoms. The summed E-state index contributed by atoms with van der Waals surface area (Å²) in [4.78, 5) is 11.4. The Hall–Kier alpha value is -3.40. The molecule has 10 heteroatoms. The normalized spacial score (nSPS) is 15.6. The number of nitrogens with zero attached hydrogens (tertiary/aromatic N) is 3. The van der Waals surface area contributed by atoms with Gasteiger partial charge >= 0.3 is 0 Å². The first kappa shape index (κ1) is 30.1. The van der Waals surface area contributed by atoms with Crippen LogP contribution in [0.5, 0.6) is 0 Å². The lowest BCUT2D eigenvalue weighted by molar-refractivity contribution is -0.00294. The summed E-state index contributed by atoms with van der Waals surface area (Å²) < 4.78 is 34.4. The number of allylic oxidation sites excluding steroid dienone is 1. The van der Waals surface area contributed by atoms with Gasteiger partial charge in [-0.15, -0.1) is 11.3 Å². The molecular weight excluding hydrogens is 518 g/mol. The smallest absolute Gasteiger partial charge is 0.182 e. The van der Waals surface area contributed by atoms with E-state index < -0.39 is 17.0 Å². The van der Waals surface area contributed by atoms with Crippen LogP contribution in [0.3, 0.4) is 0 Å². The van der Waals surface area contributed by atoms with Crippen LogP contribution >= 0.6 is 11.3 Å². The molecule has 1 aromatic carbocycles. The van der Waals surface area contributed by atoms with Crippen LogP contribution in [-0.2, 0) is 4.74 Å². The average Bonchev–Trinajstić information content (AvgIpc) is 3.26. The molecule has 0 radical (unpaired) electrons. The van der Waals surface area contributed by atoms with Crippen molar-refractivity contribution >= 4 is 28.7 Å². The average molecular weight is 557 g/mol. The zero-order valence-electron chi connectivity index (χ0n) is 23.5. The Kier molecular flexibility index (Phi) is 9.10. The van der Waals surface area contributed by atoms with E-state index in [1.54, 1.807) is 0 Å². The lowest BCUT2D eigenvalue weighted by Gasteiger charge is -2.36. The van der Waals surface area contributed by atoms with Gasteiger partial charge in [-0.1, -0.05) is 20.8 Å². The summed E-state index contributed by atoms with van der Waals surface area (Å²) in [7, 11) is 0. The molecule has 0 saturated carbocycles. The van der Waals surface area contributed by atoms with Gasteiger partial charge in [-0.2, -0.15) is 0 Å². The van der Waals surface area contributed by atoms with Crippen molar-refractivity contribution in [2.75, 3.05) is 13.1 Å². The molecule has 2 heterocycles. The molecule has 1 fully saturated rings. The van der Waals surface area contributed by atoms with Crippen molar-refractivity contribution in [3.8, 4) is 11.3 Å². The molecule has 1 aliphatic heterocycles. The first-order chi connectivity index (χ1) is 18.0. The van der Waals surface area contributed by atoms with Crippen molar-refractivity contribution in [1.29, 1.82) is 10.8 Å². The topological polar surface area (TPSA) is 111 Å². The van der Waals surface area contributed by atoms with Gasteiger partial charge < -0.3 is 15.4 Å². The van der Waals surface area contributed by atoms with E-state index in [2.05, 4.69) is 16.5 Å². The molecule has 1 saturated heterocycles. The maximum Gasteiger partial charge on any atom is 0.182 e. The zero-order valence-corrected chi connectivity index (χ0v) is 24.3. The minimum absolute atomic E-state index is 0.0520. The number of amidine groups is 2. The van der Waals surface area contributed by atoms with Crippen LogP contribution in [0, 0.1) is 27.9 Å². The van der Waals surface area contributed by atoms with E-state index in [0.717, 1.165) is 37.0 Å². The third-order valence-electron chi connectivity index (χ3n) is 6.11. The molecule has 1 aromatic heterocycles. The Morgan fingerprint density at radius 3 is 2.36 bits per heavy atom. The highest BCUT2D eigenvalue weighted by atomic mass is 32.1. The van der Waals surface area contributed by atoms with Crippen LogP contribution in [0.25, 0.3) is 11.3 Å². The molecule has 0 spiro atoms. The van der Waals surface area contributed by atoms with Gasteiger partial charge in [0.1, 0.15) is 28.9 Å². The van der Waals surface area contributed by atoms with E-state index in [-0.39, 0.29) is 34.3 Å². The number of rotatable bonds is 7. The highest BCUT2D eigenvalue weighted by Crippen LogP contribution is 2.38. The van der Waals surface area contributed by atoms with Gasteiger partial charge in [-0.3, -0.25) is 10.8 Å². The van der Waals surface area contributed by atoms with Crippen molar-refractivity contribution < 1.29 is 13.5 Å². The largest absolute Gasteiger partial charge is 0.474 e. The summed E-state index contributed by atoms with van der Waals surface area (Å²) in [6.45, 7) is 17.2. The number of aliphatic imine (C=N–C) groups is 1. The fraction of sp³-hybridized carbons (Fsp3) is 0.448. The molecule has 1 aliphatic rings. The van der Waals surface area contributed by atoms with Crippen molar-refractivity contribution in [2.24, 2.45) is 16.1 Å². The van der Waals surface area contributed by atoms with Gasteiger partial charge in [-0.05, 0) is 64.5 Å². The lowest BCUT2D eigenvalue weighted by Crippen LogP contribution is -2.35. The first-order valence-corrected chi connectivity index (χ1v) is 13.7. The lowest BCUT2D eigenvalue weighted by atomic mass is 9.95. The molecule has 2 aromatic rings. The molecule has 0 aliphatic carbocycles. The molecule has 210 valence electrons. The fourth-order valence-electron chi connectivity index (χ4n) is 3.92. The van der Waals surface area contributed by atoms with Crippen molar-refractivity contribution in [2.45, 2.75) is 65.9 Å². The number of hydrogen-bond acceptors (Lipinski definition) is 6. The Labute approximate surface area is 233 Å². The number of halogens is 2. The van der Waals surface area contributed by atoms with Crippen LogP contribution in [0.15, 0.2) is 47.8 Å². The summed E-state index contributed by atoms with van der Waals surface area (Å²) in [6.07, 6.45) is 4.39. The second-order valence-electron chi connectivity index (χ2n) is 11.6. The van der Waals surface area contributed by atoms with Crippen LogP contribution < -0.4 is 5.73 Å². The van der Waals surface area contributed by atoms with E-state index in [0.29, 0.717) is 16.6 Å². The van der Waals surface area contributed by atoms with Crippen LogP contribution in [0.1, 0.15) is 70.2 Å². The third-order valence-corrected chi connectivity index (χ3v) is 7.36. The highest BCUT2D eigenvalue weighted by molar-refractivity contribution is 7.14. The Balaban J connectivity index is 1.88. The van der Waals surface area contributed by atoms with Gasteiger partial charge in [0.15, 0.2) is 5.88 Å². The Morgan fingerprint density at radius 1 is 1.15 bits per heavy atom. The number of hydrogen-bond donors (Lipinski definition) is 3. The van der Waals surface area contributed by atoms with E-state index in [1.807, 2.05) is 41.5 Å². The van der Waals surface area contributed by atoms with Crippen LogP contribution in [0.2, 0.25) is 0 Å². The summed E-state index contributed by atoms with van der Waals surface area (Å²) in [5.41, 5.74) is 5.70. The molecule has 0 bridgehead atoms. The highest BCUT2D eigenvalue weighted by Gasteiger charge is 2.28. The fourth-order valence-corrected chi connectivity index (χ4v) is 5.10. The maximum absolute atomic E-state index is 14.8. The molecule has 4 N–H and O–H groups in total. The molecule has 0 unspecified atom stereocenters. The van der Waals surface area contributed by atoms with Crippen LogP contribution in [0.4, 0.5) is 8.78 Å². The van der Waals surface area contributed by atoms with Gasteiger partial charge in [0.05, 0.1) is 21.3 Å². The minimum Gasteiger partial charge on any atom is -0.474 e. The second kappa shape index (κ2) is 11.8. The number of nitrogens with one attached hydrogen (secondary N) is 2. The third kappa shape index (κ3) is 8.05. The first-order valence-electron chi connectivity index (χ1n) is 12.8. The Bertz CT molecular complexity index is 1310. The monoisotopic (exact) mass is 556 g/mol. The van der Waals surface area contributed by atoms with Crippen molar-refractivity contribution in [3.63, 3.8) is 0 Å². The number of likely N-dealkylation sites (tertiary alicyclic amines) is 1. The summed E-state index contributed by atoms with van der Waals surface area (Å²) in [5, 5.41) is 17.6. The number of piperidine rings is 1. The van der Waals surface area contributed by atoms with E-state index in [9.17, 15) is 8.78 Å². The van der Waals surface area contributed by atoms with Crippen LogP contribution in [-0.4, -0.2) is 46.0 Å². The van der Waals surface area contributed by atoms with E-state index in [1.165, 1.54) is 35.6 Å². The minimum atomic E-state index is -0.745. The Morgan fingerprint density at radius 2 is 1.79 bits per heavy atom.